The van der Waals surface area contributed by atoms with Crippen LogP contribution in [-0.4, -0.2) is 16.4 Å². The van der Waals surface area contributed by atoms with Gasteiger partial charge < -0.3 is 5.73 Å². The standard InChI is InChI=1S/C23H23N3/c1-2-21-22(11-13-25-23(21)24)19-9-7-17(8-10-19)15-26-14-12-18-5-3-4-6-20(18)16-26/h2-11,13H,1,12,14-16H2,(H2,24,25). The number of anilines is 1. The summed E-state index contributed by atoms with van der Waals surface area (Å²) < 4.78 is 0. The second-order valence-electron chi connectivity index (χ2n) is 6.79. The van der Waals surface area contributed by atoms with Crippen LogP contribution >= 0.6 is 0 Å². The molecule has 3 heteroatoms. The third-order valence-electron chi connectivity index (χ3n) is 5.11. The van der Waals surface area contributed by atoms with E-state index in [9.17, 15) is 0 Å². The molecule has 4 rings (SSSR count). The molecule has 0 amide bonds. The smallest absolute Gasteiger partial charge is 0.131 e. The molecule has 1 aliphatic heterocycles. The number of fused-ring (bicyclic) bond motifs is 1. The van der Waals surface area contributed by atoms with Crippen molar-refractivity contribution in [3.63, 3.8) is 0 Å². The number of nitrogens with zero attached hydrogens (tertiary/aromatic N) is 2. The van der Waals surface area contributed by atoms with Gasteiger partial charge in [0.1, 0.15) is 5.82 Å². The molecule has 1 aliphatic rings. The van der Waals surface area contributed by atoms with Gasteiger partial charge in [0.15, 0.2) is 0 Å². The quantitative estimate of drug-likeness (QED) is 0.758. The zero-order chi connectivity index (χ0) is 17.9. The lowest BCUT2D eigenvalue weighted by molar-refractivity contribution is 0.245. The zero-order valence-corrected chi connectivity index (χ0v) is 14.9. The third kappa shape index (κ3) is 3.26. The predicted molar refractivity (Wildman–Crippen MR) is 108 cm³/mol. The second-order valence-corrected chi connectivity index (χ2v) is 6.79. The molecule has 0 atom stereocenters. The number of nitrogen functional groups attached to an aromatic ring is 1. The largest absolute Gasteiger partial charge is 0.383 e. The van der Waals surface area contributed by atoms with E-state index in [0.29, 0.717) is 5.82 Å². The van der Waals surface area contributed by atoms with Gasteiger partial charge in [0.2, 0.25) is 0 Å². The lowest BCUT2D eigenvalue weighted by Crippen LogP contribution is -2.29. The van der Waals surface area contributed by atoms with E-state index in [1.165, 1.54) is 16.7 Å². The molecule has 0 saturated heterocycles. The summed E-state index contributed by atoms with van der Waals surface area (Å²) in [7, 11) is 0. The van der Waals surface area contributed by atoms with Gasteiger partial charge >= 0.3 is 0 Å². The van der Waals surface area contributed by atoms with Crippen LogP contribution in [0.2, 0.25) is 0 Å². The van der Waals surface area contributed by atoms with Gasteiger partial charge in [0.25, 0.3) is 0 Å². The molecule has 0 saturated carbocycles. The summed E-state index contributed by atoms with van der Waals surface area (Å²) in [5, 5.41) is 0. The fourth-order valence-corrected chi connectivity index (χ4v) is 3.69. The van der Waals surface area contributed by atoms with Crippen LogP contribution in [0.5, 0.6) is 0 Å². The minimum Gasteiger partial charge on any atom is -0.383 e. The lowest BCUT2D eigenvalue weighted by Gasteiger charge is -2.28. The minimum absolute atomic E-state index is 0.522. The molecule has 0 spiro atoms. The van der Waals surface area contributed by atoms with Crippen molar-refractivity contribution in [1.82, 2.24) is 9.88 Å². The SMILES string of the molecule is C=Cc1c(-c2ccc(CN3CCc4ccccc4C3)cc2)ccnc1N. The van der Waals surface area contributed by atoms with Crippen LogP contribution in [-0.2, 0) is 19.5 Å². The van der Waals surface area contributed by atoms with Gasteiger partial charge in [-0.3, -0.25) is 4.90 Å². The first-order chi connectivity index (χ1) is 12.7. The van der Waals surface area contributed by atoms with Crippen molar-refractivity contribution in [1.29, 1.82) is 0 Å². The van der Waals surface area contributed by atoms with Gasteiger partial charge in [-0.1, -0.05) is 61.2 Å². The number of pyridine rings is 1. The Bertz CT molecular complexity index is 928. The van der Waals surface area contributed by atoms with Crippen molar-refractivity contribution in [3.05, 3.63) is 89.6 Å². The molecular formula is C23H23N3. The molecule has 3 aromatic rings. The van der Waals surface area contributed by atoms with E-state index in [1.54, 1.807) is 12.3 Å². The predicted octanol–water partition coefficient (Wildman–Crippen LogP) is 4.53. The summed E-state index contributed by atoms with van der Waals surface area (Å²) >= 11 is 0. The van der Waals surface area contributed by atoms with Crippen molar-refractivity contribution in [3.8, 4) is 11.1 Å². The molecule has 0 bridgehead atoms. The highest BCUT2D eigenvalue weighted by molar-refractivity contribution is 5.79. The Labute approximate surface area is 154 Å². The van der Waals surface area contributed by atoms with Crippen molar-refractivity contribution >= 4 is 11.9 Å². The molecule has 0 radical (unpaired) electrons. The fourth-order valence-electron chi connectivity index (χ4n) is 3.69. The Morgan fingerprint density at radius 2 is 1.81 bits per heavy atom. The van der Waals surface area contributed by atoms with Crippen LogP contribution in [0, 0.1) is 0 Å². The number of aromatic nitrogens is 1. The topological polar surface area (TPSA) is 42.2 Å². The Morgan fingerprint density at radius 1 is 1.04 bits per heavy atom. The maximum Gasteiger partial charge on any atom is 0.131 e. The van der Waals surface area contributed by atoms with Crippen LogP contribution in [0.4, 0.5) is 5.82 Å². The normalized spacial score (nSPS) is 14.0. The number of hydrogen-bond acceptors (Lipinski definition) is 3. The minimum atomic E-state index is 0.522. The van der Waals surface area contributed by atoms with E-state index in [0.717, 1.165) is 42.7 Å². The number of rotatable bonds is 4. The third-order valence-corrected chi connectivity index (χ3v) is 5.11. The first-order valence-corrected chi connectivity index (χ1v) is 9.00. The highest BCUT2D eigenvalue weighted by Gasteiger charge is 2.15. The fraction of sp³-hybridized carbons (Fsp3) is 0.174. The van der Waals surface area contributed by atoms with Crippen LogP contribution < -0.4 is 5.73 Å². The molecule has 2 aromatic carbocycles. The van der Waals surface area contributed by atoms with E-state index < -0.39 is 0 Å². The lowest BCUT2D eigenvalue weighted by atomic mass is 9.98. The monoisotopic (exact) mass is 341 g/mol. The molecule has 26 heavy (non-hydrogen) atoms. The molecule has 130 valence electrons. The van der Waals surface area contributed by atoms with E-state index in [1.807, 2.05) is 6.07 Å². The number of benzene rings is 2. The van der Waals surface area contributed by atoms with Gasteiger partial charge in [-0.05, 0) is 40.3 Å². The molecule has 2 N–H and O–H groups in total. The summed E-state index contributed by atoms with van der Waals surface area (Å²) in [6, 6.07) is 19.5. The van der Waals surface area contributed by atoms with Gasteiger partial charge in [0, 0.05) is 31.4 Å². The van der Waals surface area contributed by atoms with Gasteiger partial charge in [0.05, 0.1) is 0 Å². The summed E-state index contributed by atoms with van der Waals surface area (Å²) in [5.41, 5.74) is 13.4. The van der Waals surface area contributed by atoms with Crippen molar-refractivity contribution in [2.24, 2.45) is 0 Å². The molecule has 0 unspecified atom stereocenters. The van der Waals surface area contributed by atoms with Crippen molar-refractivity contribution in [2.45, 2.75) is 19.5 Å². The first kappa shape index (κ1) is 16.6. The average molecular weight is 341 g/mol. The van der Waals surface area contributed by atoms with Crippen LogP contribution in [0.1, 0.15) is 22.3 Å². The molecule has 3 nitrogen and oxygen atoms in total. The maximum absolute atomic E-state index is 5.97. The summed E-state index contributed by atoms with van der Waals surface area (Å²) in [4.78, 5) is 6.66. The average Bonchev–Trinajstić information content (AvgIpc) is 2.68. The van der Waals surface area contributed by atoms with Gasteiger partial charge in [-0.25, -0.2) is 4.98 Å². The highest BCUT2D eigenvalue weighted by Crippen LogP contribution is 2.28. The Morgan fingerprint density at radius 3 is 2.58 bits per heavy atom. The Balaban J connectivity index is 1.51. The molecule has 0 aliphatic carbocycles. The highest BCUT2D eigenvalue weighted by atomic mass is 15.1. The van der Waals surface area contributed by atoms with Crippen LogP contribution in [0.25, 0.3) is 17.2 Å². The van der Waals surface area contributed by atoms with Gasteiger partial charge in [-0.2, -0.15) is 0 Å². The summed E-state index contributed by atoms with van der Waals surface area (Å²) in [6.45, 7) is 6.98. The Kier molecular flexibility index (Phi) is 4.55. The molecule has 1 aromatic heterocycles. The Hall–Kier alpha value is -2.91. The van der Waals surface area contributed by atoms with Crippen LogP contribution in [0.3, 0.4) is 0 Å². The molecular weight excluding hydrogens is 318 g/mol. The van der Waals surface area contributed by atoms with E-state index in [4.69, 9.17) is 5.73 Å². The van der Waals surface area contributed by atoms with Crippen LogP contribution in [0.15, 0.2) is 67.4 Å². The first-order valence-electron chi connectivity index (χ1n) is 9.00. The zero-order valence-electron chi connectivity index (χ0n) is 14.9. The maximum atomic E-state index is 5.97. The van der Waals surface area contributed by atoms with E-state index >= 15 is 0 Å². The van der Waals surface area contributed by atoms with E-state index in [2.05, 4.69) is 65.0 Å². The number of hydrogen-bond donors (Lipinski definition) is 1. The van der Waals surface area contributed by atoms with Crippen molar-refractivity contribution in [2.75, 3.05) is 12.3 Å². The molecule has 0 fully saturated rings. The van der Waals surface area contributed by atoms with Gasteiger partial charge in [-0.15, -0.1) is 0 Å². The molecule has 2 heterocycles. The second kappa shape index (κ2) is 7.14. The van der Waals surface area contributed by atoms with Crippen molar-refractivity contribution < 1.29 is 0 Å². The van der Waals surface area contributed by atoms with E-state index in [-0.39, 0.29) is 0 Å². The summed E-state index contributed by atoms with van der Waals surface area (Å²) in [6.07, 6.45) is 4.65. The number of nitrogens with two attached hydrogens (primary N) is 1. The summed E-state index contributed by atoms with van der Waals surface area (Å²) in [5.74, 6) is 0.522.